The number of hydrogen-bond donors (Lipinski definition) is 1. The molecule has 0 amide bonds. The fraction of sp³-hybridized carbons (Fsp3) is 0.692. The van der Waals surface area contributed by atoms with Crippen LogP contribution >= 0.6 is 15.9 Å². The number of hydrogen-bond acceptors (Lipinski definition) is 4. The maximum atomic E-state index is 5.67. The topological polar surface area (TPSA) is 47.0 Å². The molecule has 1 aromatic heterocycles. The van der Waals surface area contributed by atoms with Gasteiger partial charge >= 0.3 is 0 Å². The molecule has 100 valence electrons. The van der Waals surface area contributed by atoms with Crippen molar-refractivity contribution in [2.45, 2.75) is 45.6 Å². The van der Waals surface area contributed by atoms with Gasteiger partial charge in [0.05, 0.1) is 10.2 Å². The van der Waals surface area contributed by atoms with E-state index in [9.17, 15) is 0 Å². The lowest BCUT2D eigenvalue weighted by Gasteiger charge is -2.14. The van der Waals surface area contributed by atoms with E-state index in [0.717, 1.165) is 60.6 Å². The number of nitrogens with zero attached hydrogens (tertiary/aromatic N) is 2. The first-order valence-electron chi connectivity index (χ1n) is 6.68. The predicted molar refractivity (Wildman–Crippen MR) is 75.8 cm³/mol. The van der Waals surface area contributed by atoms with Gasteiger partial charge in [0.25, 0.3) is 0 Å². The number of rotatable bonds is 5. The van der Waals surface area contributed by atoms with Gasteiger partial charge in [-0.15, -0.1) is 0 Å². The molecule has 5 heteroatoms. The van der Waals surface area contributed by atoms with Crippen molar-refractivity contribution in [3.63, 3.8) is 0 Å². The number of aryl methyl sites for hydroxylation is 1. The minimum atomic E-state index is 0.0746. The first-order valence-corrected chi connectivity index (χ1v) is 7.47. The lowest BCUT2D eigenvalue weighted by Crippen LogP contribution is -2.11. The molecule has 0 aliphatic carbocycles. The highest BCUT2D eigenvalue weighted by atomic mass is 79.9. The zero-order chi connectivity index (χ0) is 13.0. The van der Waals surface area contributed by atoms with Gasteiger partial charge in [-0.2, -0.15) is 0 Å². The maximum Gasteiger partial charge on any atom is 0.159 e. The third-order valence-electron chi connectivity index (χ3n) is 3.03. The summed E-state index contributed by atoms with van der Waals surface area (Å²) in [6, 6.07) is 0. The van der Waals surface area contributed by atoms with E-state index in [4.69, 9.17) is 4.74 Å². The van der Waals surface area contributed by atoms with Crippen LogP contribution in [-0.4, -0.2) is 23.1 Å². The highest BCUT2D eigenvalue weighted by Gasteiger charge is 2.22. The molecule has 0 radical (unpaired) electrons. The molecule has 0 saturated carbocycles. The van der Waals surface area contributed by atoms with Crippen molar-refractivity contribution in [1.82, 2.24) is 9.97 Å². The summed E-state index contributed by atoms with van der Waals surface area (Å²) < 4.78 is 6.66. The zero-order valence-electron chi connectivity index (χ0n) is 11.0. The third kappa shape index (κ3) is 3.01. The van der Waals surface area contributed by atoms with Crippen LogP contribution in [0.5, 0.6) is 0 Å². The predicted octanol–water partition coefficient (Wildman–Crippen LogP) is 3.47. The summed E-state index contributed by atoms with van der Waals surface area (Å²) in [5.74, 6) is 1.72. The number of nitrogens with one attached hydrogen (secondary N) is 1. The summed E-state index contributed by atoms with van der Waals surface area (Å²) in [4.78, 5) is 9.22. The Morgan fingerprint density at radius 1 is 1.39 bits per heavy atom. The fourth-order valence-electron chi connectivity index (χ4n) is 2.03. The molecular weight excluding hydrogens is 294 g/mol. The summed E-state index contributed by atoms with van der Waals surface area (Å²) in [5, 5.41) is 3.35. The van der Waals surface area contributed by atoms with Crippen LogP contribution in [0.4, 0.5) is 5.82 Å². The lowest BCUT2D eigenvalue weighted by atomic mass is 10.2. The first-order chi connectivity index (χ1) is 8.76. The van der Waals surface area contributed by atoms with Crippen LogP contribution in [0.15, 0.2) is 4.47 Å². The molecule has 1 aliphatic rings. The molecule has 4 nitrogen and oxygen atoms in total. The molecule has 2 rings (SSSR count). The van der Waals surface area contributed by atoms with Crippen molar-refractivity contribution in [1.29, 1.82) is 0 Å². The minimum Gasteiger partial charge on any atom is -0.370 e. The van der Waals surface area contributed by atoms with E-state index >= 15 is 0 Å². The largest absolute Gasteiger partial charge is 0.370 e. The van der Waals surface area contributed by atoms with Crippen LogP contribution < -0.4 is 5.32 Å². The van der Waals surface area contributed by atoms with E-state index in [2.05, 4.69) is 45.1 Å². The molecule has 0 spiro atoms. The number of aromatic nitrogens is 2. The quantitative estimate of drug-likeness (QED) is 0.904. The Kier molecular flexibility index (Phi) is 4.95. The summed E-state index contributed by atoms with van der Waals surface area (Å²) in [7, 11) is 0. The van der Waals surface area contributed by atoms with Gasteiger partial charge in [0, 0.05) is 13.2 Å². The summed E-state index contributed by atoms with van der Waals surface area (Å²) in [6.45, 7) is 5.99. The second-order valence-electron chi connectivity index (χ2n) is 4.47. The van der Waals surface area contributed by atoms with Crippen LogP contribution in [0.3, 0.4) is 0 Å². The molecule has 1 aromatic rings. The second kappa shape index (κ2) is 6.48. The van der Waals surface area contributed by atoms with Crippen LogP contribution in [-0.2, 0) is 11.2 Å². The van der Waals surface area contributed by atoms with Crippen molar-refractivity contribution in [2.24, 2.45) is 0 Å². The maximum absolute atomic E-state index is 5.67. The highest BCUT2D eigenvalue weighted by Crippen LogP contribution is 2.30. The first kappa shape index (κ1) is 13.7. The Morgan fingerprint density at radius 3 is 2.83 bits per heavy atom. The van der Waals surface area contributed by atoms with Gasteiger partial charge in [-0.25, -0.2) is 9.97 Å². The van der Waals surface area contributed by atoms with Crippen LogP contribution in [0, 0.1) is 0 Å². The standard InChI is InChI=1S/C13H20BrN3O/c1-3-7-15-13-11(14)9(4-2)16-12(17-13)10-6-5-8-18-10/h10H,3-8H2,1-2H3,(H,15,16,17). The average Bonchev–Trinajstić information content (AvgIpc) is 2.91. The molecule has 0 bridgehead atoms. The normalized spacial score (nSPS) is 19.2. The van der Waals surface area contributed by atoms with E-state index in [1.807, 2.05) is 0 Å². The fourth-order valence-corrected chi connectivity index (χ4v) is 2.63. The van der Waals surface area contributed by atoms with E-state index < -0.39 is 0 Å². The van der Waals surface area contributed by atoms with Gasteiger partial charge < -0.3 is 10.1 Å². The molecule has 1 fully saturated rings. The number of anilines is 1. The van der Waals surface area contributed by atoms with Crippen molar-refractivity contribution >= 4 is 21.7 Å². The Balaban J connectivity index is 2.29. The summed E-state index contributed by atoms with van der Waals surface area (Å²) in [6.07, 6.45) is 4.17. The van der Waals surface area contributed by atoms with E-state index in [1.54, 1.807) is 0 Å². The Morgan fingerprint density at radius 2 is 2.22 bits per heavy atom. The van der Waals surface area contributed by atoms with E-state index in [0.29, 0.717) is 0 Å². The van der Waals surface area contributed by atoms with Crippen molar-refractivity contribution in [3.05, 3.63) is 16.0 Å². The Labute approximate surface area is 117 Å². The molecule has 1 N–H and O–H groups in total. The lowest BCUT2D eigenvalue weighted by molar-refractivity contribution is 0.105. The molecule has 0 aromatic carbocycles. The van der Waals surface area contributed by atoms with Gasteiger partial charge in [-0.1, -0.05) is 13.8 Å². The molecule has 1 atom stereocenters. The minimum absolute atomic E-state index is 0.0746. The van der Waals surface area contributed by atoms with Crippen molar-refractivity contribution in [2.75, 3.05) is 18.5 Å². The number of halogens is 1. The van der Waals surface area contributed by atoms with Crippen LogP contribution in [0.1, 0.15) is 50.7 Å². The van der Waals surface area contributed by atoms with Gasteiger partial charge in [0.15, 0.2) is 5.82 Å². The van der Waals surface area contributed by atoms with Crippen molar-refractivity contribution < 1.29 is 4.74 Å². The van der Waals surface area contributed by atoms with Crippen LogP contribution in [0.2, 0.25) is 0 Å². The smallest absolute Gasteiger partial charge is 0.159 e. The molecule has 2 heterocycles. The molecule has 1 saturated heterocycles. The summed E-state index contributed by atoms with van der Waals surface area (Å²) >= 11 is 3.59. The Hall–Kier alpha value is -0.680. The number of ether oxygens (including phenoxy) is 1. The van der Waals surface area contributed by atoms with Crippen molar-refractivity contribution in [3.8, 4) is 0 Å². The Bertz CT molecular complexity index is 405. The molecule has 18 heavy (non-hydrogen) atoms. The van der Waals surface area contributed by atoms with Gasteiger partial charge in [0.1, 0.15) is 11.9 Å². The summed E-state index contributed by atoms with van der Waals surface area (Å²) in [5.41, 5.74) is 1.05. The van der Waals surface area contributed by atoms with Gasteiger partial charge in [-0.05, 0) is 41.6 Å². The van der Waals surface area contributed by atoms with Gasteiger partial charge in [0.2, 0.25) is 0 Å². The monoisotopic (exact) mass is 313 g/mol. The average molecular weight is 314 g/mol. The second-order valence-corrected chi connectivity index (χ2v) is 5.27. The molecular formula is C13H20BrN3O. The van der Waals surface area contributed by atoms with Crippen LogP contribution in [0.25, 0.3) is 0 Å². The highest BCUT2D eigenvalue weighted by molar-refractivity contribution is 9.10. The van der Waals surface area contributed by atoms with E-state index in [-0.39, 0.29) is 6.10 Å². The van der Waals surface area contributed by atoms with E-state index in [1.165, 1.54) is 0 Å². The molecule has 1 unspecified atom stereocenters. The SMILES string of the molecule is CCCNc1nc(C2CCCO2)nc(CC)c1Br. The molecule has 1 aliphatic heterocycles. The third-order valence-corrected chi connectivity index (χ3v) is 3.87. The zero-order valence-corrected chi connectivity index (χ0v) is 12.6. The van der Waals surface area contributed by atoms with Gasteiger partial charge in [-0.3, -0.25) is 0 Å².